The molecule has 2 aliphatic heterocycles. The number of fused-ring (bicyclic) bond motifs is 1. The largest absolute Gasteiger partial charge is 0.508 e. The topological polar surface area (TPSA) is 110 Å². The second-order valence-corrected chi connectivity index (χ2v) is 8.75. The van der Waals surface area contributed by atoms with Crippen LogP contribution in [0.15, 0.2) is 12.1 Å². The van der Waals surface area contributed by atoms with Crippen LogP contribution >= 0.6 is 0 Å². The second-order valence-electron chi connectivity index (χ2n) is 8.75. The predicted molar refractivity (Wildman–Crippen MR) is 111 cm³/mol. The van der Waals surface area contributed by atoms with E-state index in [0.29, 0.717) is 17.5 Å². The van der Waals surface area contributed by atoms with Gasteiger partial charge in [-0.25, -0.2) is 8.78 Å². The normalized spacial score (nSPS) is 24.7. The van der Waals surface area contributed by atoms with Gasteiger partial charge in [0.2, 0.25) is 5.91 Å². The van der Waals surface area contributed by atoms with E-state index >= 15 is 0 Å². The summed E-state index contributed by atoms with van der Waals surface area (Å²) in [6.45, 7) is 5.08. The van der Waals surface area contributed by atoms with E-state index in [2.05, 4.69) is 5.32 Å². The number of halogens is 2. The zero-order chi connectivity index (χ0) is 24.0. The van der Waals surface area contributed by atoms with Crippen molar-refractivity contribution in [3.63, 3.8) is 0 Å². The molecule has 0 bridgehead atoms. The van der Waals surface area contributed by atoms with Gasteiger partial charge in [-0.3, -0.25) is 14.4 Å². The standard InChI is InChI=1S/C22H29F2N3O5/c1-5-6-7-27-20(32)17-21(27,4)22(23,24)11-26(17)19(31)16(29)10-25-18(30)14-8-12(2)9-15(28)13(14)3/h8-9,16-17,28-29H,5-7,10-11H2,1-4H3,(H,25,30)/t16-,17+,21?/m0/s1. The summed E-state index contributed by atoms with van der Waals surface area (Å²) in [6.07, 6.45) is -0.496. The van der Waals surface area contributed by atoms with Gasteiger partial charge >= 0.3 is 0 Å². The molecular formula is C22H29F2N3O5. The number of phenolic OH excluding ortho intramolecular Hbond substituents is 1. The van der Waals surface area contributed by atoms with Crippen LogP contribution in [0.2, 0.25) is 0 Å². The number of aliphatic hydroxyl groups is 1. The van der Waals surface area contributed by atoms with Crippen molar-refractivity contribution in [3.8, 4) is 5.75 Å². The summed E-state index contributed by atoms with van der Waals surface area (Å²) in [5.74, 6) is -5.62. The Balaban J connectivity index is 1.69. The summed E-state index contributed by atoms with van der Waals surface area (Å²) in [7, 11) is 0. The molecule has 1 aromatic carbocycles. The number of likely N-dealkylation sites (tertiary alicyclic amines) is 2. The van der Waals surface area contributed by atoms with Gasteiger partial charge in [0.25, 0.3) is 17.7 Å². The van der Waals surface area contributed by atoms with Gasteiger partial charge in [0.1, 0.15) is 23.4 Å². The third kappa shape index (κ3) is 3.60. The summed E-state index contributed by atoms with van der Waals surface area (Å²) in [4.78, 5) is 39.6. The van der Waals surface area contributed by atoms with Crippen LogP contribution in [-0.2, 0) is 9.59 Å². The van der Waals surface area contributed by atoms with Gasteiger partial charge in [0, 0.05) is 17.7 Å². The van der Waals surface area contributed by atoms with Crippen LogP contribution in [0, 0.1) is 13.8 Å². The molecule has 2 heterocycles. The highest BCUT2D eigenvalue weighted by Gasteiger charge is 2.77. The van der Waals surface area contributed by atoms with E-state index in [1.165, 1.54) is 13.0 Å². The molecular weight excluding hydrogens is 424 g/mol. The maximum Gasteiger partial charge on any atom is 0.290 e. The number of amides is 3. The van der Waals surface area contributed by atoms with E-state index in [9.17, 15) is 33.4 Å². The minimum Gasteiger partial charge on any atom is -0.508 e. The van der Waals surface area contributed by atoms with Crippen molar-refractivity contribution in [3.05, 3.63) is 28.8 Å². The Labute approximate surface area is 185 Å². The number of nitrogens with one attached hydrogen (secondary N) is 1. The van der Waals surface area contributed by atoms with E-state index in [-0.39, 0.29) is 17.9 Å². The number of phenols is 1. The molecule has 0 spiro atoms. The number of hydrogen-bond donors (Lipinski definition) is 3. The Morgan fingerprint density at radius 1 is 1.31 bits per heavy atom. The summed E-state index contributed by atoms with van der Waals surface area (Å²) in [6, 6.07) is 1.69. The van der Waals surface area contributed by atoms with Gasteiger partial charge in [-0.2, -0.15) is 0 Å². The summed E-state index contributed by atoms with van der Waals surface area (Å²) >= 11 is 0. The summed E-state index contributed by atoms with van der Waals surface area (Å²) < 4.78 is 29.7. The second kappa shape index (κ2) is 8.31. The van der Waals surface area contributed by atoms with Crippen LogP contribution in [0.1, 0.15) is 48.2 Å². The number of aromatic hydroxyl groups is 1. The maximum atomic E-state index is 14.8. The molecule has 8 nitrogen and oxygen atoms in total. The number of carbonyl (C=O) groups excluding carboxylic acids is 3. The van der Waals surface area contributed by atoms with Crippen molar-refractivity contribution >= 4 is 17.7 Å². The molecule has 176 valence electrons. The molecule has 2 aliphatic rings. The van der Waals surface area contributed by atoms with Crippen molar-refractivity contribution in [2.24, 2.45) is 0 Å². The fraction of sp³-hybridized carbons (Fsp3) is 0.591. The molecule has 1 unspecified atom stereocenters. The molecule has 0 aromatic heterocycles. The minimum atomic E-state index is -3.33. The van der Waals surface area contributed by atoms with Crippen LogP contribution in [0.5, 0.6) is 5.75 Å². The number of alkyl halides is 2. The fourth-order valence-corrected chi connectivity index (χ4v) is 4.50. The molecule has 1 aromatic rings. The van der Waals surface area contributed by atoms with E-state index in [1.807, 2.05) is 6.92 Å². The fourth-order valence-electron chi connectivity index (χ4n) is 4.50. The molecule has 3 amide bonds. The number of β-lactam (4-membered cyclic amide) rings is 1. The molecule has 0 radical (unpaired) electrons. The Morgan fingerprint density at radius 2 is 1.97 bits per heavy atom. The van der Waals surface area contributed by atoms with Gasteiger partial charge in [-0.1, -0.05) is 13.3 Å². The third-order valence-corrected chi connectivity index (χ3v) is 6.54. The van der Waals surface area contributed by atoms with Crippen LogP contribution in [0.25, 0.3) is 0 Å². The molecule has 3 N–H and O–H groups in total. The Hall–Kier alpha value is -2.75. The van der Waals surface area contributed by atoms with Gasteiger partial charge < -0.3 is 25.3 Å². The van der Waals surface area contributed by atoms with Crippen molar-refractivity contribution in [2.45, 2.75) is 64.1 Å². The molecule has 32 heavy (non-hydrogen) atoms. The predicted octanol–water partition coefficient (Wildman–Crippen LogP) is 1.35. The van der Waals surface area contributed by atoms with Crippen LogP contribution in [0.3, 0.4) is 0 Å². The van der Waals surface area contributed by atoms with Gasteiger partial charge in [0.15, 0.2) is 0 Å². The van der Waals surface area contributed by atoms with Crippen molar-refractivity contribution < 1.29 is 33.4 Å². The van der Waals surface area contributed by atoms with E-state index in [0.717, 1.165) is 16.2 Å². The molecule has 0 saturated carbocycles. The number of carbonyl (C=O) groups is 3. The van der Waals surface area contributed by atoms with Crippen molar-refractivity contribution in [1.82, 2.24) is 15.1 Å². The van der Waals surface area contributed by atoms with Crippen LogP contribution in [-0.4, -0.2) is 81.0 Å². The molecule has 0 aliphatic carbocycles. The zero-order valence-corrected chi connectivity index (χ0v) is 18.6. The lowest BCUT2D eigenvalue weighted by atomic mass is 9.78. The van der Waals surface area contributed by atoms with E-state index in [4.69, 9.17) is 0 Å². The summed E-state index contributed by atoms with van der Waals surface area (Å²) in [5.41, 5.74) is -0.669. The maximum absolute atomic E-state index is 14.8. The SMILES string of the molecule is CCCCN1C(=O)[C@H]2N(C(=O)[C@@H](O)CNC(=O)c3cc(C)cc(O)c3C)CC(F)(F)C21C. The highest BCUT2D eigenvalue weighted by atomic mass is 19.3. The highest BCUT2D eigenvalue weighted by molar-refractivity contribution is 5.99. The number of nitrogens with zero attached hydrogens (tertiary/aromatic N) is 2. The van der Waals surface area contributed by atoms with Crippen LogP contribution in [0.4, 0.5) is 8.78 Å². The van der Waals surface area contributed by atoms with Gasteiger partial charge in [-0.05, 0) is 44.9 Å². The first-order chi connectivity index (χ1) is 14.9. The lowest BCUT2D eigenvalue weighted by molar-refractivity contribution is -0.190. The number of hydrogen-bond acceptors (Lipinski definition) is 5. The highest BCUT2D eigenvalue weighted by Crippen LogP contribution is 2.52. The van der Waals surface area contributed by atoms with Crippen molar-refractivity contribution in [1.29, 1.82) is 0 Å². The molecule has 3 atom stereocenters. The van der Waals surface area contributed by atoms with Crippen molar-refractivity contribution in [2.75, 3.05) is 19.6 Å². The first kappa shape index (κ1) is 23.9. The van der Waals surface area contributed by atoms with E-state index < -0.39 is 54.4 Å². The molecule has 10 heteroatoms. The zero-order valence-electron chi connectivity index (χ0n) is 18.6. The minimum absolute atomic E-state index is 0.0681. The summed E-state index contributed by atoms with van der Waals surface area (Å²) in [5, 5.41) is 22.6. The number of unbranched alkanes of at least 4 members (excludes halogenated alkanes) is 1. The van der Waals surface area contributed by atoms with Crippen LogP contribution < -0.4 is 5.32 Å². The molecule has 2 saturated heterocycles. The number of aliphatic hydroxyl groups excluding tert-OH is 1. The monoisotopic (exact) mass is 453 g/mol. The molecule has 2 fully saturated rings. The quantitative estimate of drug-likeness (QED) is 0.540. The smallest absolute Gasteiger partial charge is 0.290 e. The first-order valence-electron chi connectivity index (χ1n) is 10.6. The molecule has 3 rings (SSSR count). The van der Waals surface area contributed by atoms with E-state index in [1.54, 1.807) is 19.9 Å². The Bertz CT molecular complexity index is 954. The lowest BCUT2D eigenvalue weighted by Gasteiger charge is -2.54. The number of benzene rings is 1. The Morgan fingerprint density at radius 3 is 2.59 bits per heavy atom. The number of rotatable bonds is 7. The average molecular weight is 453 g/mol. The first-order valence-corrected chi connectivity index (χ1v) is 10.6. The third-order valence-electron chi connectivity index (χ3n) is 6.54. The average Bonchev–Trinajstić information content (AvgIpc) is 2.91. The number of aryl methyl sites for hydroxylation is 1. The van der Waals surface area contributed by atoms with Gasteiger partial charge in [0.05, 0.1) is 13.1 Å². The Kier molecular flexibility index (Phi) is 6.21. The van der Waals surface area contributed by atoms with Gasteiger partial charge in [-0.15, -0.1) is 0 Å². The lowest BCUT2D eigenvalue weighted by Crippen LogP contribution is -2.78.